The van der Waals surface area contributed by atoms with Crippen LogP contribution in [0.5, 0.6) is 0 Å². The highest BCUT2D eigenvalue weighted by molar-refractivity contribution is 7.89. The molecule has 1 saturated carbocycles. The SMILES string of the molecule is CN(CC(=O)NC1CC1)C(=O)COC(=O)c1ccc(S(=O)(=O)N2CCCCCC2)cc1. The van der Waals surface area contributed by atoms with E-state index in [-0.39, 0.29) is 29.0 Å². The van der Waals surface area contributed by atoms with Gasteiger partial charge in [-0.2, -0.15) is 4.31 Å². The topological polar surface area (TPSA) is 113 Å². The van der Waals surface area contributed by atoms with E-state index in [0.29, 0.717) is 13.1 Å². The molecule has 10 heteroatoms. The van der Waals surface area contributed by atoms with E-state index in [2.05, 4.69) is 5.32 Å². The minimum Gasteiger partial charge on any atom is -0.452 e. The van der Waals surface area contributed by atoms with E-state index in [9.17, 15) is 22.8 Å². The molecule has 1 aromatic carbocycles. The number of esters is 1. The molecular weight excluding hydrogens is 422 g/mol. The Labute approximate surface area is 182 Å². The number of ether oxygens (including phenoxy) is 1. The van der Waals surface area contributed by atoms with Gasteiger partial charge in [0.1, 0.15) is 0 Å². The molecule has 0 spiro atoms. The Morgan fingerprint density at radius 3 is 2.26 bits per heavy atom. The van der Waals surface area contributed by atoms with Gasteiger partial charge in [-0.05, 0) is 49.9 Å². The van der Waals surface area contributed by atoms with Crippen LogP contribution in [0.4, 0.5) is 0 Å². The minimum absolute atomic E-state index is 0.101. The maximum absolute atomic E-state index is 12.8. The average molecular weight is 452 g/mol. The number of likely N-dealkylation sites (N-methyl/N-ethyl adjacent to an activating group) is 1. The van der Waals surface area contributed by atoms with Gasteiger partial charge in [0, 0.05) is 26.2 Å². The third-order valence-electron chi connectivity index (χ3n) is 5.37. The molecular formula is C21H29N3O6S. The fourth-order valence-electron chi connectivity index (χ4n) is 3.32. The van der Waals surface area contributed by atoms with Gasteiger partial charge in [0.05, 0.1) is 17.0 Å². The predicted octanol–water partition coefficient (Wildman–Crippen LogP) is 1.15. The van der Waals surface area contributed by atoms with Crippen LogP contribution in [0.1, 0.15) is 48.9 Å². The van der Waals surface area contributed by atoms with Gasteiger partial charge in [-0.15, -0.1) is 0 Å². The average Bonchev–Trinajstić information content (AvgIpc) is 3.58. The van der Waals surface area contributed by atoms with Crippen molar-refractivity contribution in [2.45, 2.75) is 49.5 Å². The Kier molecular flexibility index (Phi) is 7.66. The molecule has 0 radical (unpaired) electrons. The molecule has 9 nitrogen and oxygen atoms in total. The lowest BCUT2D eigenvalue weighted by molar-refractivity contribution is -0.137. The van der Waals surface area contributed by atoms with E-state index in [1.807, 2.05) is 0 Å². The Morgan fingerprint density at radius 1 is 1.06 bits per heavy atom. The van der Waals surface area contributed by atoms with Crippen molar-refractivity contribution in [1.82, 2.24) is 14.5 Å². The first-order valence-electron chi connectivity index (χ1n) is 10.6. The number of carbonyl (C=O) groups is 3. The first-order valence-corrected chi connectivity index (χ1v) is 12.0. The summed E-state index contributed by atoms with van der Waals surface area (Å²) in [7, 11) is -2.13. The molecule has 0 bridgehead atoms. The fourth-order valence-corrected chi connectivity index (χ4v) is 4.84. The molecule has 1 heterocycles. The van der Waals surface area contributed by atoms with Gasteiger partial charge in [-0.25, -0.2) is 13.2 Å². The van der Waals surface area contributed by atoms with Crippen LogP contribution in [-0.4, -0.2) is 74.7 Å². The van der Waals surface area contributed by atoms with E-state index in [4.69, 9.17) is 4.74 Å². The van der Waals surface area contributed by atoms with Crippen LogP contribution in [0.3, 0.4) is 0 Å². The second kappa shape index (κ2) is 10.2. The number of hydrogen-bond donors (Lipinski definition) is 1. The summed E-state index contributed by atoms with van der Waals surface area (Å²) in [6.07, 6.45) is 5.65. The number of amides is 2. The maximum Gasteiger partial charge on any atom is 0.338 e. The number of nitrogens with zero attached hydrogens (tertiary/aromatic N) is 2. The molecule has 31 heavy (non-hydrogen) atoms. The summed E-state index contributed by atoms with van der Waals surface area (Å²) in [6.45, 7) is 0.399. The summed E-state index contributed by atoms with van der Waals surface area (Å²) in [6, 6.07) is 5.73. The lowest BCUT2D eigenvalue weighted by Gasteiger charge is -2.20. The van der Waals surface area contributed by atoms with Crippen LogP contribution in [-0.2, 0) is 24.3 Å². The first kappa shape index (κ1) is 23.2. The van der Waals surface area contributed by atoms with Crippen molar-refractivity contribution in [3.63, 3.8) is 0 Å². The van der Waals surface area contributed by atoms with Gasteiger partial charge in [-0.3, -0.25) is 9.59 Å². The molecule has 3 rings (SSSR count). The van der Waals surface area contributed by atoms with Crippen LogP contribution in [0.25, 0.3) is 0 Å². The Bertz CT molecular complexity index is 904. The van der Waals surface area contributed by atoms with Gasteiger partial charge in [0.15, 0.2) is 6.61 Å². The zero-order chi connectivity index (χ0) is 22.4. The summed E-state index contributed by atoms with van der Waals surface area (Å²) < 4.78 is 32.1. The fraction of sp³-hybridized carbons (Fsp3) is 0.571. The summed E-state index contributed by atoms with van der Waals surface area (Å²) in [5, 5.41) is 2.78. The quantitative estimate of drug-likeness (QED) is 0.593. The summed E-state index contributed by atoms with van der Waals surface area (Å²) in [5.74, 6) is -1.48. The second-order valence-electron chi connectivity index (χ2n) is 8.01. The molecule has 2 aliphatic rings. The molecule has 170 valence electrons. The van der Waals surface area contributed by atoms with Gasteiger partial charge in [0.2, 0.25) is 15.9 Å². The molecule has 0 atom stereocenters. The number of hydrogen-bond acceptors (Lipinski definition) is 6. The normalized spacial score (nSPS) is 17.5. The summed E-state index contributed by atoms with van der Waals surface area (Å²) >= 11 is 0. The van der Waals surface area contributed by atoms with E-state index in [1.165, 1.54) is 40.5 Å². The van der Waals surface area contributed by atoms with E-state index >= 15 is 0 Å². The van der Waals surface area contributed by atoms with Gasteiger partial charge >= 0.3 is 5.97 Å². The molecule has 1 aliphatic heterocycles. The van der Waals surface area contributed by atoms with E-state index < -0.39 is 28.5 Å². The molecule has 0 aromatic heterocycles. The largest absolute Gasteiger partial charge is 0.452 e. The molecule has 1 aliphatic carbocycles. The molecule has 2 amide bonds. The lowest BCUT2D eigenvalue weighted by atomic mass is 10.2. The Hall–Kier alpha value is -2.46. The van der Waals surface area contributed by atoms with Gasteiger partial charge in [0.25, 0.3) is 5.91 Å². The van der Waals surface area contributed by atoms with Crippen LogP contribution >= 0.6 is 0 Å². The van der Waals surface area contributed by atoms with Crippen molar-refractivity contribution in [2.24, 2.45) is 0 Å². The second-order valence-corrected chi connectivity index (χ2v) is 9.95. The highest BCUT2D eigenvalue weighted by Gasteiger charge is 2.26. The predicted molar refractivity (Wildman–Crippen MR) is 113 cm³/mol. The molecule has 0 unspecified atom stereocenters. The van der Waals surface area contributed by atoms with Crippen molar-refractivity contribution in [1.29, 1.82) is 0 Å². The molecule has 1 aromatic rings. The number of carbonyl (C=O) groups excluding carboxylic acids is 3. The van der Waals surface area contributed by atoms with Crippen LogP contribution in [0.2, 0.25) is 0 Å². The summed E-state index contributed by atoms with van der Waals surface area (Å²) in [5.41, 5.74) is 0.150. The highest BCUT2D eigenvalue weighted by Crippen LogP contribution is 2.21. The monoisotopic (exact) mass is 451 g/mol. The standard InChI is InChI=1S/C21H29N3O6S/c1-23(14-19(25)22-17-8-9-17)20(26)15-30-21(27)16-6-10-18(11-7-16)31(28,29)24-12-4-2-3-5-13-24/h6-7,10-11,17H,2-5,8-9,12-15H2,1H3,(H,22,25). The van der Waals surface area contributed by atoms with Crippen LogP contribution in [0.15, 0.2) is 29.2 Å². The number of sulfonamides is 1. The number of benzene rings is 1. The molecule has 2 fully saturated rings. The van der Waals surface area contributed by atoms with Crippen molar-refractivity contribution < 1.29 is 27.5 Å². The number of nitrogens with one attached hydrogen (secondary N) is 1. The van der Waals surface area contributed by atoms with Crippen molar-refractivity contribution in [3.8, 4) is 0 Å². The zero-order valence-electron chi connectivity index (χ0n) is 17.7. The third kappa shape index (κ3) is 6.51. The minimum atomic E-state index is -3.60. The highest BCUT2D eigenvalue weighted by atomic mass is 32.2. The van der Waals surface area contributed by atoms with Crippen molar-refractivity contribution >= 4 is 27.8 Å². The lowest BCUT2D eigenvalue weighted by Crippen LogP contribution is -2.40. The van der Waals surface area contributed by atoms with Crippen LogP contribution in [0, 0.1) is 0 Å². The van der Waals surface area contributed by atoms with Gasteiger partial charge in [-0.1, -0.05) is 12.8 Å². The van der Waals surface area contributed by atoms with Crippen molar-refractivity contribution in [3.05, 3.63) is 29.8 Å². The first-order chi connectivity index (χ1) is 14.8. The van der Waals surface area contributed by atoms with Gasteiger partial charge < -0.3 is 15.0 Å². The number of rotatable bonds is 8. The smallest absolute Gasteiger partial charge is 0.338 e. The van der Waals surface area contributed by atoms with Crippen molar-refractivity contribution in [2.75, 3.05) is 33.3 Å². The maximum atomic E-state index is 12.8. The summed E-state index contributed by atoms with van der Waals surface area (Å²) in [4.78, 5) is 37.4. The molecule has 1 saturated heterocycles. The zero-order valence-corrected chi connectivity index (χ0v) is 18.5. The third-order valence-corrected chi connectivity index (χ3v) is 7.28. The molecule has 1 N–H and O–H groups in total. The Morgan fingerprint density at radius 2 is 1.68 bits per heavy atom. The van der Waals surface area contributed by atoms with E-state index in [1.54, 1.807) is 0 Å². The van der Waals surface area contributed by atoms with Crippen LogP contribution < -0.4 is 5.32 Å². The van der Waals surface area contributed by atoms with E-state index in [0.717, 1.165) is 38.5 Å². The Balaban J connectivity index is 1.51.